The lowest BCUT2D eigenvalue weighted by Gasteiger charge is -2.26. The third kappa shape index (κ3) is 13.6. The van der Waals surface area contributed by atoms with E-state index in [0.29, 0.717) is 11.5 Å². The fraction of sp³-hybridized carbons (Fsp3) is 0.636. The van der Waals surface area contributed by atoms with Crippen molar-refractivity contribution in [3.8, 4) is 5.75 Å². The van der Waals surface area contributed by atoms with E-state index in [1.807, 2.05) is 41.5 Å². The van der Waals surface area contributed by atoms with Crippen molar-refractivity contribution in [1.82, 2.24) is 5.32 Å². The van der Waals surface area contributed by atoms with Gasteiger partial charge in [-0.25, -0.2) is 13.8 Å². The number of urea groups is 1. The molecule has 0 aromatic heterocycles. The van der Waals surface area contributed by atoms with Crippen LogP contribution in [0.2, 0.25) is 0 Å². The fourth-order valence-electron chi connectivity index (χ4n) is 2.87. The van der Waals surface area contributed by atoms with Gasteiger partial charge in [0.2, 0.25) is 0 Å². The quantitative estimate of drug-likeness (QED) is 0.216. The van der Waals surface area contributed by atoms with Crippen molar-refractivity contribution in [3.05, 3.63) is 29.2 Å². The second-order valence-electron chi connectivity index (χ2n) is 9.90. The molecule has 10 nitrogen and oxygen atoms in total. The molecule has 1 rings (SSSR count). The Bertz CT molecular complexity index is 887. The van der Waals surface area contributed by atoms with Crippen molar-refractivity contribution in [2.75, 3.05) is 37.9 Å². The van der Waals surface area contributed by atoms with E-state index in [1.165, 1.54) is 24.3 Å². The minimum Gasteiger partial charge on any atom is -0.432 e. The van der Waals surface area contributed by atoms with Gasteiger partial charge >= 0.3 is 12.2 Å². The van der Waals surface area contributed by atoms with Crippen LogP contribution in [0.15, 0.2) is 33.8 Å². The van der Waals surface area contributed by atoms with Gasteiger partial charge in [-0.3, -0.25) is 0 Å². The Labute approximate surface area is 195 Å². The topological polar surface area (TPSA) is 133 Å². The highest BCUT2D eigenvalue weighted by Crippen LogP contribution is 2.24. The smallest absolute Gasteiger partial charge is 0.432 e. The Hall–Kier alpha value is -2.53. The number of carbonyl (C=O) groups excluding carboxylic acids is 2. The van der Waals surface area contributed by atoms with Crippen LogP contribution < -0.4 is 10.1 Å². The summed E-state index contributed by atoms with van der Waals surface area (Å²) in [5.74, 6) is 0.869. The van der Waals surface area contributed by atoms with Gasteiger partial charge in [0.1, 0.15) is 18.0 Å². The average molecular weight is 486 g/mol. The lowest BCUT2D eigenvalue weighted by molar-refractivity contribution is 0.0534. The minimum atomic E-state index is -2.71. The standard InChI is InChI=1S/C22H35N3O7S/c1-21(2,3)15-33(29,16-22(4,5)6)25-19(26)23-11-12-30-13-14-31-20(27)32-18-9-7-17(24-28)8-10-18/h7-10H,11-16H2,1-6H3,(H,23,26). The van der Waals surface area contributed by atoms with Gasteiger partial charge in [0.15, 0.2) is 0 Å². The Kier molecular flexibility index (Phi) is 10.9. The number of nitrogens with zero attached hydrogens (tertiary/aromatic N) is 2. The van der Waals surface area contributed by atoms with Gasteiger partial charge < -0.3 is 19.5 Å². The Morgan fingerprint density at radius 2 is 1.52 bits per heavy atom. The summed E-state index contributed by atoms with van der Waals surface area (Å²) in [6.45, 7) is 12.2. The summed E-state index contributed by atoms with van der Waals surface area (Å²) in [7, 11) is -2.71. The summed E-state index contributed by atoms with van der Waals surface area (Å²) in [6, 6.07) is 5.02. The molecule has 0 saturated carbocycles. The maximum absolute atomic E-state index is 13.3. The summed E-state index contributed by atoms with van der Waals surface area (Å²) < 4.78 is 32.4. The van der Waals surface area contributed by atoms with Crippen LogP contribution in [0.4, 0.5) is 15.3 Å². The van der Waals surface area contributed by atoms with Crippen LogP contribution in [0, 0.1) is 15.7 Å². The highest BCUT2D eigenvalue weighted by Gasteiger charge is 2.26. The molecular weight excluding hydrogens is 450 g/mol. The molecule has 0 bridgehead atoms. The first-order valence-corrected chi connectivity index (χ1v) is 12.4. The zero-order valence-electron chi connectivity index (χ0n) is 20.2. The number of benzene rings is 1. The molecule has 0 aliphatic heterocycles. The number of amides is 2. The van der Waals surface area contributed by atoms with Crippen LogP contribution in [0.1, 0.15) is 41.5 Å². The number of nitroso groups, excluding NO2 is 1. The van der Waals surface area contributed by atoms with E-state index in [0.717, 1.165) is 0 Å². The summed E-state index contributed by atoms with van der Waals surface area (Å²) in [5, 5.41) is 5.33. The van der Waals surface area contributed by atoms with Crippen molar-refractivity contribution in [2.45, 2.75) is 41.5 Å². The molecule has 0 saturated heterocycles. The molecule has 186 valence electrons. The van der Waals surface area contributed by atoms with E-state index >= 15 is 0 Å². The van der Waals surface area contributed by atoms with Crippen LogP contribution in [0.25, 0.3) is 0 Å². The second-order valence-corrected chi connectivity index (χ2v) is 12.2. The van der Waals surface area contributed by atoms with Crippen molar-refractivity contribution < 1.29 is 28.0 Å². The summed E-state index contributed by atoms with van der Waals surface area (Å²) in [5.41, 5.74) is -0.242. The maximum Gasteiger partial charge on any atom is 0.513 e. The Morgan fingerprint density at radius 3 is 2.03 bits per heavy atom. The SMILES string of the molecule is CC(C)(C)CS(=O)(CC(C)(C)C)=NC(=O)NCCOCCOC(=O)Oc1ccc(N=O)cc1. The zero-order valence-corrected chi connectivity index (χ0v) is 21.0. The molecule has 0 fully saturated rings. The van der Waals surface area contributed by atoms with E-state index in [2.05, 4.69) is 14.9 Å². The first-order valence-electron chi connectivity index (χ1n) is 10.6. The number of ether oxygens (including phenoxy) is 3. The molecule has 1 N–H and O–H groups in total. The molecule has 2 amide bonds. The molecule has 0 aliphatic rings. The normalized spacial score (nSPS) is 12.1. The van der Waals surface area contributed by atoms with Crippen LogP contribution in [0.3, 0.4) is 0 Å². The fourth-order valence-corrected chi connectivity index (χ4v) is 6.17. The van der Waals surface area contributed by atoms with Crippen LogP contribution in [0.5, 0.6) is 5.75 Å². The molecule has 0 radical (unpaired) electrons. The molecule has 0 spiro atoms. The van der Waals surface area contributed by atoms with Crippen LogP contribution >= 0.6 is 0 Å². The van der Waals surface area contributed by atoms with Gasteiger partial charge in [-0.1, -0.05) is 41.5 Å². The number of nitrogens with one attached hydrogen (secondary N) is 1. The highest BCUT2D eigenvalue weighted by molar-refractivity contribution is 7.93. The number of hydrogen-bond donors (Lipinski definition) is 1. The van der Waals surface area contributed by atoms with Gasteiger partial charge in [0.25, 0.3) is 0 Å². The van der Waals surface area contributed by atoms with E-state index in [-0.39, 0.29) is 48.6 Å². The molecule has 33 heavy (non-hydrogen) atoms. The van der Waals surface area contributed by atoms with Gasteiger partial charge in [0, 0.05) is 18.1 Å². The predicted molar refractivity (Wildman–Crippen MR) is 127 cm³/mol. The molecule has 0 unspecified atom stereocenters. The summed E-state index contributed by atoms with van der Waals surface area (Å²) in [6.07, 6.45) is -0.912. The molecular formula is C22H35N3O7S. The van der Waals surface area contributed by atoms with Gasteiger partial charge in [-0.05, 0) is 40.3 Å². The van der Waals surface area contributed by atoms with Crippen LogP contribution in [-0.4, -0.2) is 54.3 Å². The molecule has 1 aromatic rings. The van der Waals surface area contributed by atoms with E-state index in [1.54, 1.807) is 0 Å². The van der Waals surface area contributed by atoms with Gasteiger partial charge in [-0.2, -0.15) is 0 Å². The lowest BCUT2D eigenvalue weighted by atomic mass is 10.0. The molecule has 1 aromatic carbocycles. The summed E-state index contributed by atoms with van der Waals surface area (Å²) >= 11 is 0. The Balaban J connectivity index is 2.35. The minimum absolute atomic E-state index is 0.0455. The van der Waals surface area contributed by atoms with E-state index in [9.17, 15) is 18.7 Å². The maximum atomic E-state index is 13.3. The van der Waals surface area contributed by atoms with Crippen molar-refractivity contribution in [1.29, 1.82) is 0 Å². The van der Waals surface area contributed by atoms with Crippen molar-refractivity contribution >= 4 is 27.6 Å². The number of carbonyl (C=O) groups is 2. The first kappa shape index (κ1) is 28.5. The molecule has 0 atom stereocenters. The lowest BCUT2D eigenvalue weighted by Crippen LogP contribution is -2.32. The van der Waals surface area contributed by atoms with Crippen molar-refractivity contribution in [3.63, 3.8) is 0 Å². The predicted octanol–water partition coefficient (Wildman–Crippen LogP) is 4.89. The largest absolute Gasteiger partial charge is 0.513 e. The third-order valence-electron chi connectivity index (χ3n) is 3.68. The van der Waals surface area contributed by atoms with Crippen molar-refractivity contribution in [2.24, 2.45) is 20.4 Å². The van der Waals surface area contributed by atoms with Gasteiger partial charge in [0.05, 0.1) is 22.9 Å². The monoisotopic (exact) mass is 485 g/mol. The summed E-state index contributed by atoms with van der Waals surface area (Å²) in [4.78, 5) is 34.1. The number of hydrogen-bond acceptors (Lipinski definition) is 8. The third-order valence-corrected chi connectivity index (χ3v) is 6.81. The molecule has 0 heterocycles. The zero-order chi connectivity index (χ0) is 25.1. The van der Waals surface area contributed by atoms with Gasteiger partial charge in [-0.15, -0.1) is 9.27 Å². The highest BCUT2D eigenvalue weighted by atomic mass is 32.2. The van der Waals surface area contributed by atoms with E-state index < -0.39 is 21.9 Å². The van der Waals surface area contributed by atoms with Crippen LogP contribution in [-0.2, 0) is 19.2 Å². The second kappa shape index (κ2) is 12.6. The first-order chi connectivity index (χ1) is 15.2. The Morgan fingerprint density at radius 1 is 0.939 bits per heavy atom. The molecule has 0 aliphatic carbocycles. The average Bonchev–Trinajstić information content (AvgIpc) is 2.64. The van der Waals surface area contributed by atoms with E-state index in [4.69, 9.17) is 14.2 Å². The molecule has 11 heteroatoms. The number of rotatable bonds is 10.